The maximum absolute atomic E-state index is 12.4. The van der Waals surface area contributed by atoms with E-state index in [-0.39, 0.29) is 30.9 Å². The fourth-order valence-electron chi connectivity index (χ4n) is 2.39. The molecule has 0 spiro atoms. The molecule has 140 valence electrons. The number of guanidine groups is 1. The number of amides is 5. The molecule has 0 radical (unpaired) electrons. The van der Waals surface area contributed by atoms with E-state index in [1.54, 1.807) is 0 Å². The second kappa shape index (κ2) is 10.2. The van der Waals surface area contributed by atoms with Gasteiger partial charge in [0.25, 0.3) is 5.91 Å². The standard InChI is InChI=1S/C14H25N7O4/c1-21(10-7-17-14(19-12(10)24)20-13(16)25)11(23)6-9(18-8-22)4-2-3-5-15/h8-10H,2-7,15H2,1H3,(H,18,22)(H4,16,17,19,20,24,25)/t9-,10?/m0/s1. The van der Waals surface area contributed by atoms with Gasteiger partial charge in [0.05, 0.1) is 6.54 Å². The molecule has 1 heterocycles. The highest BCUT2D eigenvalue weighted by Gasteiger charge is 2.31. The third-order valence-electron chi connectivity index (χ3n) is 3.80. The first-order chi connectivity index (χ1) is 11.9. The zero-order chi connectivity index (χ0) is 18.8. The van der Waals surface area contributed by atoms with E-state index in [0.29, 0.717) is 19.4 Å². The summed E-state index contributed by atoms with van der Waals surface area (Å²) in [6.45, 7) is 0.548. The Morgan fingerprint density at radius 2 is 2.20 bits per heavy atom. The summed E-state index contributed by atoms with van der Waals surface area (Å²) in [6.07, 6.45) is 2.84. The van der Waals surface area contributed by atoms with Gasteiger partial charge in [-0.3, -0.25) is 25.0 Å². The van der Waals surface area contributed by atoms with Gasteiger partial charge in [0.1, 0.15) is 6.04 Å². The number of urea groups is 1. The van der Waals surface area contributed by atoms with E-state index >= 15 is 0 Å². The largest absolute Gasteiger partial charge is 0.355 e. The van der Waals surface area contributed by atoms with Gasteiger partial charge >= 0.3 is 6.03 Å². The number of nitrogens with zero attached hydrogens (tertiary/aromatic N) is 2. The van der Waals surface area contributed by atoms with Gasteiger partial charge in [-0.1, -0.05) is 6.42 Å². The van der Waals surface area contributed by atoms with Crippen molar-refractivity contribution in [3.05, 3.63) is 0 Å². The molecule has 0 aromatic heterocycles. The molecule has 1 aliphatic rings. The molecule has 0 saturated heterocycles. The number of carbonyl (C=O) groups is 4. The van der Waals surface area contributed by atoms with Crippen molar-refractivity contribution in [2.24, 2.45) is 16.5 Å². The van der Waals surface area contributed by atoms with E-state index < -0.39 is 18.0 Å². The number of hydrogen-bond donors (Lipinski definition) is 5. The number of nitrogens with one attached hydrogen (secondary N) is 3. The number of primary amides is 1. The summed E-state index contributed by atoms with van der Waals surface area (Å²) in [7, 11) is 1.49. The predicted molar refractivity (Wildman–Crippen MR) is 90.2 cm³/mol. The van der Waals surface area contributed by atoms with Crippen molar-refractivity contribution in [1.82, 2.24) is 20.9 Å². The van der Waals surface area contributed by atoms with Crippen molar-refractivity contribution in [3.8, 4) is 0 Å². The van der Waals surface area contributed by atoms with Crippen LogP contribution in [0.15, 0.2) is 4.99 Å². The Morgan fingerprint density at radius 3 is 2.76 bits per heavy atom. The van der Waals surface area contributed by atoms with Crippen LogP contribution in [0.3, 0.4) is 0 Å². The fraction of sp³-hybridized carbons (Fsp3) is 0.643. The summed E-state index contributed by atoms with van der Waals surface area (Å²) in [5.74, 6) is -0.816. The first kappa shape index (κ1) is 20.4. The Labute approximate surface area is 145 Å². The lowest BCUT2D eigenvalue weighted by Crippen LogP contribution is -2.58. The topological polar surface area (TPSA) is 172 Å². The quantitative estimate of drug-likeness (QED) is 0.229. The predicted octanol–water partition coefficient (Wildman–Crippen LogP) is -2.40. The molecule has 25 heavy (non-hydrogen) atoms. The first-order valence-electron chi connectivity index (χ1n) is 7.96. The van der Waals surface area contributed by atoms with Gasteiger partial charge in [0.15, 0.2) is 0 Å². The average molecular weight is 355 g/mol. The monoisotopic (exact) mass is 355 g/mol. The number of carbonyl (C=O) groups excluding carboxylic acids is 4. The van der Waals surface area contributed by atoms with Crippen LogP contribution in [0.25, 0.3) is 0 Å². The summed E-state index contributed by atoms with van der Waals surface area (Å²) >= 11 is 0. The molecule has 2 atom stereocenters. The van der Waals surface area contributed by atoms with E-state index in [2.05, 4.69) is 20.9 Å². The molecule has 0 aliphatic carbocycles. The van der Waals surface area contributed by atoms with Crippen LogP contribution in [0, 0.1) is 0 Å². The number of likely N-dealkylation sites (N-methyl/N-ethyl adjacent to an activating group) is 1. The zero-order valence-electron chi connectivity index (χ0n) is 14.2. The van der Waals surface area contributed by atoms with Crippen molar-refractivity contribution in [2.45, 2.75) is 37.8 Å². The lowest BCUT2D eigenvalue weighted by atomic mass is 10.0. The lowest BCUT2D eigenvalue weighted by Gasteiger charge is -2.30. The zero-order valence-corrected chi connectivity index (χ0v) is 14.2. The number of hydrogen-bond acceptors (Lipinski definition) is 6. The van der Waals surface area contributed by atoms with E-state index in [1.165, 1.54) is 11.9 Å². The minimum absolute atomic E-state index is 0.00262. The Hall–Kier alpha value is -2.69. The smallest absolute Gasteiger partial charge is 0.318 e. The Kier molecular flexibility index (Phi) is 8.33. The average Bonchev–Trinajstić information content (AvgIpc) is 2.54. The first-order valence-corrected chi connectivity index (χ1v) is 7.96. The molecule has 7 N–H and O–H groups in total. The van der Waals surface area contributed by atoms with E-state index in [4.69, 9.17) is 11.5 Å². The third-order valence-corrected chi connectivity index (χ3v) is 3.80. The van der Waals surface area contributed by atoms with E-state index in [1.807, 2.05) is 0 Å². The summed E-state index contributed by atoms with van der Waals surface area (Å²) in [5, 5.41) is 7.16. The second-order valence-electron chi connectivity index (χ2n) is 5.66. The number of aliphatic imine (C=N–C) groups is 1. The molecule has 0 aromatic carbocycles. The van der Waals surface area contributed by atoms with Crippen LogP contribution in [0.4, 0.5) is 4.79 Å². The Balaban J connectivity index is 2.62. The highest BCUT2D eigenvalue weighted by molar-refractivity contribution is 6.07. The van der Waals surface area contributed by atoms with Crippen LogP contribution in [0.1, 0.15) is 25.7 Å². The normalized spacial score (nSPS) is 17.8. The summed E-state index contributed by atoms with van der Waals surface area (Å²) < 4.78 is 0. The Bertz CT molecular complexity index is 537. The molecular weight excluding hydrogens is 330 g/mol. The van der Waals surface area contributed by atoms with Gasteiger partial charge in [0, 0.05) is 19.5 Å². The van der Waals surface area contributed by atoms with Crippen LogP contribution in [0.2, 0.25) is 0 Å². The molecule has 0 saturated carbocycles. The highest BCUT2D eigenvalue weighted by Crippen LogP contribution is 2.10. The van der Waals surface area contributed by atoms with E-state index in [9.17, 15) is 19.2 Å². The van der Waals surface area contributed by atoms with Crippen LogP contribution in [-0.4, -0.2) is 67.3 Å². The van der Waals surface area contributed by atoms with Crippen molar-refractivity contribution in [1.29, 1.82) is 0 Å². The second-order valence-corrected chi connectivity index (χ2v) is 5.66. The van der Waals surface area contributed by atoms with Crippen molar-refractivity contribution in [3.63, 3.8) is 0 Å². The molecule has 11 nitrogen and oxygen atoms in total. The van der Waals surface area contributed by atoms with Crippen molar-refractivity contribution >= 4 is 30.2 Å². The molecule has 0 fully saturated rings. The summed E-state index contributed by atoms with van der Waals surface area (Å²) in [6, 6.07) is -1.96. The fourth-order valence-corrected chi connectivity index (χ4v) is 2.39. The SMILES string of the molecule is CN(C(=O)C[C@H](CCCCN)NC=O)C1CN=C(NC(N)=O)NC1=O. The molecule has 1 unspecified atom stereocenters. The van der Waals surface area contributed by atoms with E-state index in [0.717, 1.165) is 12.8 Å². The molecular formula is C14H25N7O4. The highest BCUT2D eigenvalue weighted by atomic mass is 16.2. The molecule has 5 amide bonds. The molecule has 0 bridgehead atoms. The van der Waals surface area contributed by atoms with Gasteiger partial charge in [-0.15, -0.1) is 0 Å². The maximum Gasteiger partial charge on any atom is 0.318 e. The van der Waals surface area contributed by atoms with Gasteiger partial charge in [-0.2, -0.15) is 0 Å². The maximum atomic E-state index is 12.4. The van der Waals surface area contributed by atoms with Crippen molar-refractivity contribution in [2.75, 3.05) is 20.1 Å². The van der Waals surface area contributed by atoms with Gasteiger partial charge in [-0.05, 0) is 19.4 Å². The van der Waals surface area contributed by atoms with Crippen molar-refractivity contribution < 1.29 is 19.2 Å². The van der Waals surface area contributed by atoms with Crippen LogP contribution in [0.5, 0.6) is 0 Å². The molecule has 1 aliphatic heterocycles. The van der Waals surface area contributed by atoms with Crippen LogP contribution in [-0.2, 0) is 14.4 Å². The number of rotatable bonds is 9. The van der Waals surface area contributed by atoms with Gasteiger partial charge < -0.3 is 21.7 Å². The summed E-state index contributed by atoms with van der Waals surface area (Å²) in [4.78, 5) is 51.2. The van der Waals surface area contributed by atoms with Crippen LogP contribution < -0.4 is 27.4 Å². The minimum Gasteiger partial charge on any atom is -0.355 e. The Morgan fingerprint density at radius 1 is 1.48 bits per heavy atom. The molecule has 1 rings (SSSR count). The van der Waals surface area contributed by atoms with Gasteiger partial charge in [-0.25, -0.2) is 9.79 Å². The number of unbranched alkanes of at least 4 members (excludes halogenated alkanes) is 1. The molecule has 11 heteroatoms. The number of nitrogens with two attached hydrogens (primary N) is 2. The van der Waals surface area contributed by atoms with Crippen LogP contribution >= 0.6 is 0 Å². The summed E-state index contributed by atoms with van der Waals surface area (Å²) in [5.41, 5.74) is 10.4. The minimum atomic E-state index is -0.845. The third kappa shape index (κ3) is 6.75. The lowest BCUT2D eigenvalue weighted by molar-refractivity contribution is -0.138. The van der Waals surface area contributed by atoms with Gasteiger partial charge in [0.2, 0.25) is 18.3 Å². The molecule has 0 aromatic rings.